The van der Waals surface area contributed by atoms with Crippen molar-refractivity contribution in [3.63, 3.8) is 0 Å². The van der Waals surface area contributed by atoms with E-state index < -0.39 is 0 Å². The molecule has 1 N–H and O–H groups in total. The molecular formula is C8H14N2S. The second kappa shape index (κ2) is 4.91. The molecule has 0 saturated heterocycles. The van der Waals surface area contributed by atoms with E-state index in [1.54, 1.807) is 0 Å². The normalized spacial score (nSPS) is 15.4. The highest BCUT2D eigenvalue weighted by Crippen LogP contribution is 2.00. The Morgan fingerprint density at radius 1 is 1.55 bits per heavy atom. The molecule has 0 fully saturated rings. The highest BCUT2D eigenvalue weighted by Gasteiger charge is 2.03. The predicted octanol–water partition coefficient (Wildman–Crippen LogP) is 1.86. The second-order valence-corrected chi connectivity index (χ2v) is 2.30. The van der Waals surface area contributed by atoms with Crippen molar-refractivity contribution in [2.75, 3.05) is 7.05 Å². The van der Waals surface area contributed by atoms with Gasteiger partial charge < -0.3 is 10.2 Å². The quantitative estimate of drug-likeness (QED) is 0.559. The van der Waals surface area contributed by atoms with E-state index in [4.69, 9.17) is 12.2 Å². The molecule has 0 aliphatic carbocycles. The number of hydrogen-bond acceptors (Lipinski definition) is 2. The first-order chi connectivity index (χ1) is 5.20. The Balaban J connectivity index is 0.000000461. The fourth-order valence-electron chi connectivity index (χ4n) is 0.542. The highest BCUT2D eigenvalue weighted by molar-refractivity contribution is 7.80. The molecule has 0 aromatic carbocycles. The Bertz CT molecular complexity index is 185. The molecule has 0 unspecified atom stereocenters. The van der Waals surface area contributed by atoms with Crippen molar-refractivity contribution in [2.24, 2.45) is 0 Å². The average Bonchev–Trinajstić information content (AvgIpc) is 2.02. The predicted molar refractivity (Wildman–Crippen MR) is 53.1 cm³/mol. The van der Waals surface area contributed by atoms with Gasteiger partial charge in [-0.25, -0.2) is 0 Å². The van der Waals surface area contributed by atoms with Crippen molar-refractivity contribution in [1.82, 2.24) is 10.2 Å². The van der Waals surface area contributed by atoms with Gasteiger partial charge in [-0.15, -0.1) is 0 Å². The summed E-state index contributed by atoms with van der Waals surface area (Å²) in [6.07, 6.45) is 3.70. The largest absolute Gasteiger partial charge is 0.338 e. The first kappa shape index (κ1) is 10.2. The Hall–Kier alpha value is -0.830. The standard InChI is InChI=1S/C6H8N2S.C2H6/c1-5-7-6(9)3-4-8(5)2;1-2/h3-4H,1H2,2H3,(H,7,9);1-2H3. The summed E-state index contributed by atoms with van der Waals surface area (Å²) >= 11 is 4.85. The van der Waals surface area contributed by atoms with Gasteiger partial charge in [0.2, 0.25) is 0 Å². The molecular weight excluding hydrogens is 156 g/mol. The van der Waals surface area contributed by atoms with Crippen LogP contribution in [0, 0.1) is 0 Å². The van der Waals surface area contributed by atoms with E-state index in [-0.39, 0.29) is 0 Å². The summed E-state index contributed by atoms with van der Waals surface area (Å²) in [6.45, 7) is 7.72. The molecule has 0 atom stereocenters. The lowest BCUT2D eigenvalue weighted by molar-refractivity contribution is 0.537. The lowest BCUT2D eigenvalue weighted by atomic mass is 10.4. The third-order valence-electron chi connectivity index (χ3n) is 1.14. The van der Waals surface area contributed by atoms with Crippen molar-refractivity contribution < 1.29 is 0 Å². The van der Waals surface area contributed by atoms with Crippen LogP contribution in [0.5, 0.6) is 0 Å². The maximum absolute atomic E-state index is 4.85. The molecule has 3 heteroatoms. The van der Waals surface area contributed by atoms with E-state index in [1.165, 1.54) is 0 Å². The summed E-state index contributed by atoms with van der Waals surface area (Å²) in [4.78, 5) is 2.59. The first-order valence-electron chi connectivity index (χ1n) is 3.61. The lowest BCUT2D eigenvalue weighted by Gasteiger charge is -2.22. The van der Waals surface area contributed by atoms with Crippen LogP contribution in [-0.4, -0.2) is 16.9 Å². The molecule has 1 heterocycles. The van der Waals surface area contributed by atoms with Crippen LogP contribution in [0.2, 0.25) is 0 Å². The van der Waals surface area contributed by atoms with Crippen molar-refractivity contribution >= 4 is 17.2 Å². The molecule has 1 rings (SSSR count). The Morgan fingerprint density at radius 3 is 2.45 bits per heavy atom. The molecule has 11 heavy (non-hydrogen) atoms. The van der Waals surface area contributed by atoms with E-state index in [1.807, 2.05) is 38.1 Å². The maximum Gasteiger partial charge on any atom is 0.106 e. The van der Waals surface area contributed by atoms with Crippen LogP contribution in [0.3, 0.4) is 0 Å². The smallest absolute Gasteiger partial charge is 0.106 e. The minimum Gasteiger partial charge on any atom is -0.338 e. The fourth-order valence-corrected chi connectivity index (χ4v) is 0.720. The topological polar surface area (TPSA) is 15.3 Å². The van der Waals surface area contributed by atoms with Crippen LogP contribution < -0.4 is 5.32 Å². The van der Waals surface area contributed by atoms with Crippen LogP contribution >= 0.6 is 12.2 Å². The lowest BCUT2D eigenvalue weighted by Crippen LogP contribution is -2.31. The van der Waals surface area contributed by atoms with Gasteiger partial charge in [0.15, 0.2) is 0 Å². The minimum absolute atomic E-state index is 0.720. The van der Waals surface area contributed by atoms with Crippen molar-refractivity contribution in [1.29, 1.82) is 0 Å². The summed E-state index contributed by atoms with van der Waals surface area (Å²) in [6, 6.07) is 0. The summed E-state index contributed by atoms with van der Waals surface area (Å²) in [5.74, 6) is 0.822. The Kier molecular flexibility index (Phi) is 4.54. The number of rotatable bonds is 0. The van der Waals surface area contributed by atoms with Crippen LogP contribution in [-0.2, 0) is 0 Å². The number of nitrogens with zero attached hydrogens (tertiary/aromatic N) is 1. The zero-order valence-electron chi connectivity index (χ0n) is 7.22. The molecule has 0 amide bonds. The van der Waals surface area contributed by atoms with Crippen molar-refractivity contribution in [2.45, 2.75) is 13.8 Å². The number of hydrogen-bond donors (Lipinski definition) is 1. The molecule has 1 aliphatic heterocycles. The van der Waals surface area contributed by atoms with Crippen LogP contribution in [0.25, 0.3) is 0 Å². The zero-order chi connectivity index (χ0) is 8.85. The zero-order valence-corrected chi connectivity index (χ0v) is 8.03. The van der Waals surface area contributed by atoms with Gasteiger partial charge in [0.25, 0.3) is 0 Å². The van der Waals surface area contributed by atoms with Gasteiger partial charge in [0, 0.05) is 13.2 Å². The van der Waals surface area contributed by atoms with Crippen LogP contribution in [0.4, 0.5) is 0 Å². The van der Waals surface area contributed by atoms with E-state index in [0.717, 1.165) is 10.8 Å². The molecule has 62 valence electrons. The Morgan fingerprint density at radius 2 is 2.09 bits per heavy atom. The SMILES string of the molecule is C=C1NC(=S)C=CN1C.CC. The van der Waals surface area contributed by atoms with E-state index >= 15 is 0 Å². The highest BCUT2D eigenvalue weighted by atomic mass is 32.1. The molecule has 0 spiro atoms. The van der Waals surface area contributed by atoms with E-state index in [0.29, 0.717) is 0 Å². The maximum atomic E-state index is 4.85. The number of thiocarbonyl (C=S) groups is 1. The summed E-state index contributed by atoms with van der Waals surface area (Å²) in [5, 5.41) is 2.91. The van der Waals surface area contributed by atoms with Crippen LogP contribution in [0.15, 0.2) is 24.7 Å². The molecule has 0 aromatic rings. The number of nitrogens with one attached hydrogen (secondary N) is 1. The summed E-state index contributed by atoms with van der Waals surface area (Å²) in [5.41, 5.74) is 0. The van der Waals surface area contributed by atoms with Gasteiger partial charge in [0.05, 0.1) is 0 Å². The fraction of sp³-hybridized carbons (Fsp3) is 0.375. The molecule has 0 saturated carbocycles. The molecule has 0 bridgehead atoms. The van der Waals surface area contributed by atoms with Crippen molar-refractivity contribution in [3.05, 3.63) is 24.7 Å². The molecule has 2 nitrogen and oxygen atoms in total. The van der Waals surface area contributed by atoms with Gasteiger partial charge in [-0.1, -0.05) is 32.6 Å². The van der Waals surface area contributed by atoms with Crippen LogP contribution in [0.1, 0.15) is 13.8 Å². The van der Waals surface area contributed by atoms with Gasteiger partial charge in [0.1, 0.15) is 10.8 Å². The molecule has 1 aliphatic rings. The Labute approximate surface area is 73.6 Å². The first-order valence-corrected chi connectivity index (χ1v) is 4.02. The minimum atomic E-state index is 0.720. The third kappa shape index (κ3) is 3.18. The van der Waals surface area contributed by atoms with Gasteiger partial charge in [-0.05, 0) is 6.08 Å². The van der Waals surface area contributed by atoms with Gasteiger partial charge in [-0.2, -0.15) is 0 Å². The van der Waals surface area contributed by atoms with Crippen molar-refractivity contribution in [3.8, 4) is 0 Å². The van der Waals surface area contributed by atoms with E-state index in [9.17, 15) is 0 Å². The van der Waals surface area contributed by atoms with Gasteiger partial charge >= 0.3 is 0 Å². The molecule has 0 aromatic heterocycles. The summed E-state index contributed by atoms with van der Waals surface area (Å²) in [7, 11) is 1.91. The monoisotopic (exact) mass is 170 g/mol. The second-order valence-electron chi connectivity index (χ2n) is 1.86. The molecule has 0 radical (unpaired) electrons. The average molecular weight is 170 g/mol. The summed E-state index contributed by atoms with van der Waals surface area (Å²) < 4.78 is 0. The van der Waals surface area contributed by atoms with Gasteiger partial charge in [-0.3, -0.25) is 0 Å². The third-order valence-corrected chi connectivity index (χ3v) is 1.38. The van der Waals surface area contributed by atoms with E-state index in [2.05, 4.69) is 11.9 Å².